The fourth-order valence-corrected chi connectivity index (χ4v) is 2.28. The second-order valence-corrected chi connectivity index (χ2v) is 5.49. The number of halogens is 2. The molecule has 0 aliphatic rings. The largest absolute Gasteiger partial charge is 0.349 e. The maximum atomic E-state index is 12.0. The molecule has 0 aromatic heterocycles. The van der Waals surface area contributed by atoms with Gasteiger partial charge in [0.15, 0.2) is 0 Å². The quantitative estimate of drug-likeness (QED) is 0.841. The molecular weight excluding hydrogens is 302 g/mol. The van der Waals surface area contributed by atoms with Crippen LogP contribution in [0.4, 0.5) is 0 Å². The van der Waals surface area contributed by atoms with E-state index >= 15 is 0 Å². The first-order valence-corrected chi connectivity index (χ1v) is 7.08. The summed E-state index contributed by atoms with van der Waals surface area (Å²) < 4.78 is 0. The van der Waals surface area contributed by atoms with E-state index < -0.39 is 0 Å². The lowest BCUT2D eigenvalue weighted by Gasteiger charge is -2.19. The van der Waals surface area contributed by atoms with Gasteiger partial charge < -0.3 is 5.32 Å². The molecule has 1 N–H and O–H groups in total. The first-order valence-electron chi connectivity index (χ1n) is 5.58. The van der Waals surface area contributed by atoms with Crippen LogP contribution >= 0.6 is 27.5 Å². The van der Waals surface area contributed by atoms with Gasteiger partial charge >= 0.3 is 0 Å². The van der Waals surface area contributed by atoms with Crippen molar-refractivity contribution in [2.75, 3.05) is 5.33 Å². The third kappa shape index (κ3) is 4.32. The van der Waals surface area contributed by atoms with E-state index in [-0.39, 0.29) is 11.9 Å². The molecule has 0 fully saturated rings. The van der Waals surface area contributed by atoms with E-state index in [1.807, 2.05) is 26.0 Å². The summed E-state index contributed by atoms with van der Waals surface area (Å²) in [6.45, 7) is 6.01. The van der Waals surface area contributed by atoms with Gasteiger partial charge in [0, 0.05) is 22.0 Å². The van der Waals surface area contributed by atoms with Gasteiger partial charge in [-0.15, -0.1) is 0 Å². The molecule has 1 amide bonds. The number of rotatable bonds is 4. The van der Waals surface area contributed by atoms with Gasteiger partial charge in [0.1, 0.15) is 0 Å². The van der Waals surface area contributed by atoms with E-state index in [0.29, 0.717) is 16.5 Å². The highest BCUT2D eigenvalue weighted by Gasteiger charge is 2.15. The van der Waals surface area contributed by atoms with Crippen LogP contribution in [0, 0.1) is 12.8 Å². The summed E-state index contributed by atoms with van der Waals surface area (Å²) in [5, 5.41) is 4.43. The summed E-state index contributed by atoms with van der Waals surface area (Å²) in [7, 11) is 0. The fourth-order valence-electron chi connectivity index (χ4n) is 1.43. The van der Waals surface area contributed by atoms with Crippen LogP contribution < -0.4 is 5.32 Å². The monoisotopic (exact) mass is 317 g/mol. The van der Waals surface area contributed by atoms with Crippen LogP contribution in [0.25, 0.3) is 0 Å². The van der Waals surface area contributed by atoms with E-state index in [1.54, 1.807) is 6.07 Å². The molecule has 0 bridgehead atoms. The number of carbonyl (C=O) groups excluding carboxylic acids is 1. The van der Waals surface area contributed by atoms with Crippen LogP contribution in [0.15, 0.2) is 18.2 Å². The van der Waals surface area contributed by atoms with Gasteiger partial charge in [0.2, 0.25) is 0 Å². The highest BCUT2D eigenvalue weighted by atomic mass is 79.9. The number of amides is 1. The molecule has 1 rings (SSSR count). The number of hydrogen-bond acceptors (Lipinski definition) is 1. The topological polar surface area (TPSA) is 29.1 Å². The average Bonchev–Trinajstić information content (AvgIpc) is 2.26. The molecule has 0 radical (unpaired) electrons. The van der Waals surface area contributed by atoms with Gasteiger partial charge in [0.05, 0.1) is 0 Å². The normalized spacial score (nSPS) is 14.2. The molecule has 17 heavy (non-hydrogen) atoms. The highest BCUT2D eigenvalue weighted by Crippen LogP contribution is 2.15. The van der Waals surface area contributed by atoms with Crippen LogP contribution in [0.2, 0.25) is 5.02 Å². The molecule has 0 aliphatic carbocycles. The van der Waals surface area contributed by atoms with Crippen molar-refractivity contribution in [3.05, 3.63) is 34.3 Å². The molecule has 1 aromatic carbocycles. The van der Waals surface area contributed by atoms with Gasteiger partial charge in [-0.25, -0.2) is 0 Å². The highest BCUT2D eigenvalue weighted by molar-refractivity contribution is 9.09. The van der Waals surface area contributed by atoms with Gasteiger partial charge in [-0.2, -0.15) is 0 Å². The van der Waals surface area contributed by atoms with Crippen LogP contribution in [-0.2, 0) is 0 Å². The molecule has 0 saturated heterocycles. The third-order valence-electron chi connectivity index (χ3n) is 2.76. The minimum atomic E-state index is -0.0732. The van der Waals surface area contributed by atoms with E-state index in [4.69, 9.17) is 11.6 Å². The first-order chi connectivity index (χ1) is 7.93. The Morgan fingerprint density at radius 2 is 2.06 bits per heavy atom. The van der Waals surface area contributed by atoms with Crippen molar-refractivity contribution in [3.8, 4) is 0 Å². The third-order valence-corrected chi connectivity index (χ3v) is 4.00. The lowest BCUT2D eigenvalue weighted by atomic mass is 10.1. The Morgan fingerprint density at radius 3 is 2.59 bits per heavy atom. The van der Waals surface area contributed by atoms with Crippen molar-refractivity contribution in [1.82, 2.24) is 5.32 Å². The zero-order valence-corrected chi connectivity index (χ0v) is 12.6. The summed E-state index contributed by atoms with van der Waals surface area (Å²) in [6.07, 6.45) is 0. The minimum absolute atomic E-state index is 0.0732. The summed E-state index contributed by atoms with van der Waals surface area (Å²) in [6, 6.07) is 5.49. The Bertz CT molecular complexity index is 388. The Hall–Kier alpha value is -0.540. The minimum Gasteiger partial charge on any atom is -0.349 e. The summed E-state index contributed by atoms with van der Waals surface area (Å²) >= 11 is 9.35. The SMILES string of the molecule is Cc1cc(Cl)cc(C(=O)NC(C)C(C)CBr)c1. The van der Waals surface area contributed by atoms with Crippen LogP contribution in [0.3, 0.4) is 0 Å². The van der Waals surface area contributed by atoms with Crippen molar-refractivity contribution in [1.29, 1.82) is 0 Å². The maximum absolute atomic E-state index is 12.0. The van der Waals surface area contributed by atoms with Crippen molar-refractivity contribution >= 4 is 33.4 Å². The second kappa shape index (κ2) is 6.41. The van der Waals surface area contributed by atoms with Gasteiger partial charge in [-0.05, 0) is 43.5 Å². The van der Waals surface area contributed by atoms with E-state index in [1.165, 1.54) is 0 Å². The summed E-state index contributed by atoms with van der Waals surface area (Å²) in [4.78, 5) is 12.0. The molecule has 0 saturated carbocycles. The zero-order chi connectivity index (χ0) is 13.0. The van der Waals surface area contributed by atoms with Crippen molar-refractivity contribution in [2.45, 2.75) is 26.8 Å². The molecule has 0 spiro atoms. The number of carbonyl (C=O) groups is 1. The van der Waals surface area contributed by atoms with E-state index in [0.717, 1.165) is 10.9 Å². The van der Waals surface area contributed by atoms with E-state index in [2.05, 4.69) is 28.2 Å². The van der Waals surface area contributed by atoms with E-state index in [9.17, 15) is 4.79 Å². The fraction of sp³-hybridized carbons (Fsp3) is 0.462. The van der Waals surface area contributed by atoms with Gasteiger partial charge in [-0.3, -0.25) is 4.79 Å². The van der Waals surface area contributed by atoms with Crippen LogP contribution in [-0.4, -0.2) is 17.3 Å². The predicted molar refractivity (Wildman–Crippen MR) is 76.1 cm³/mol. The first kappa shape index (κ1) is 14.5. The van der Waals surface area contributed by atoms with Crippen molar-refractivity contribution in [3.63, 3.8) is 0 Å². The number of nitrogens with one attached hydrogen (secondary N) is 1. The Balaban J connectivity index is 2.76. The van der Waals surface area contributed by atoms with Gasteiger partial charge in [0.25, 0.3) is 5.91 Å². The molecule has 4 heteroatoms. The van der Waals surface area contributed by atoms with Gasteiger partial charge in [-0.1, -0.05) is 34.5 Å². The maximum Gasteiger partial charge on any atom is 0.251 e. The Kier molecular flexibility index (Phi) is 5.47. The summed E-state index contributed by atoms with van der Waals surface area (Å²) in [5.74, 6) is 0.315. The Morgan fingerprint density at radius 1 is 1.41 bits per heavy atom. The number of aryl methyl sites for hydroxylation is 1. The number of alkyl halides is 1. The molecule has 94 valence electrons. The van der Waals surface area contributed by atoms with Crippen molar-refractivity contribution in [2.24, 2.45) is 5.92 Å². The molecule has 0 heterocycles. The smallest absolute Gasteiger partial charge is 0.251 e. The average molecular weight is 319 g/mol. The molecule has 2 unspecified atom stereocenters. The Labute approximate surface area is 116 Å². The molecule has 2 atom stereocenters. The molecular formula is C13H17BrClNO. The van der Waals surface area contributed by atoms with Crippen LogP contribution in [0.1, 0.15) is 29.8 Å². The number of benzene rings is 1. The molecule has 2 nitrogen and oxygen atoms in total. The molecule has 0 aliphatic heterocycles. The summed E-state index contributed by atoms with van der Waals surface area (Å²) in [5.41, 5.74) is 1.60. The zero-order valence-electron chi connectivity index (χ0n) is 10.3. The predicted octanol–water partition coefficient (Wildman–Crippen LogP) is 3.80. The van der Waals surface area contributed by atoms with Crippen LogP contribution in [0.5, 0.6) is 0 Å². The molecule has 1 aromatic rings. The number of hydrogen-bond donors (Lipinski definition) is 1. The standard InChI is InChI=1S/C13H17BrClNO/c1-8-4-11(6-12(15)5-8)13(17)16-10(3)9(2)7-14/h4-6,9-10H,7H2,1-3H3,(H,16,17). The lowest BCUT2D eigenvalue weighted by molar-refractivity contribution is 0.0931. The van der Waals surface area contributed by atoms with Crippen molar-refractivity contribution < 1.29 is 4.79 Å². The lowest BCUT2D eigenvalue weighted by Crippen LogP contribution is -2.37. The second-order valence-electron chi connectivity index (χ2n) is 4.41.